The quantitative estimate of drug-likeness (QED) is 0.106. The Morgan fingerprint density at radius 1 is 0.841 bits per heavy atom. The molecule has 1 N–H and O–H groups in total. The Bertz CT molecular complexity index is 1880. The summed E-state index contributed by atoms with van der Waals surface area (Å²) in [7, 11) is 1.39. The van der Waals surface area contributed by atoms with Crippen molar-refractivity contribution in [1.82, 2.24) is 9.99 Å². The molecule has 5 rings (SSSR count). The number of hydrazone groups is 1. The van der Waals surface area contributed by atoms with Gasteiger partial charge in [-0.3, -0.25) is 25.0 Å². The molecule has 0 unspecified atom stereocenters. The number of rotatable bonds is 10. The Morgan fingerprint density at radius 3 is 2.25 bits per heavy atom. The molecule has 44 heavy (non-hydrogen) atoms. The third-order valence-electron chi connectivity index (χ3n) is 6.67. The van der Waals surface area contributed by atoms with Crippen LogP contribution in [0.4, 0.5) is 11.4 Å². The fourth-order valence-electron chi connectivity index (χ4n) is 4.52. The largest absolute Gasteiger partial charge is 0.493 e. The van der Waals surface area contributed by atoms with Gasteiger partial charge in [0.2, 0.25) is 5.75 Å². The van der Waals surface area contributed by atoms with Crippen LogP contribution in [-0.4, -0.2) is 33.6 Å². The molecule has 0 saturated carbocycles. The number of nitro groups is 2. The molecule has 4 aromatic carbocycles. The predicted octanol–water partition coefficient (Wildman–Crippen LogP) is 6.83. The molecule has 220 valence electrons. The molecule has 0 bridgehead atoms. The summed E-state index contributed by atoms with van der Waals surface area (Å²) in [4.78, 5) is 33.7. The van der Waals surface area contributed by atoms with Crippen molar-refractivity contribution in [1.29, 1.82) is 0 Å². The summed E-state index contributed by atoms with van der Waals surface area (Å²) in [6.45, 7) is 2.02. The molecular weight excluding hydrogens is 566 g/mol. The van der Waals surface area contributed by atoms with Crippen molar-refractivity contribution in [2.24, 2.45) is 5.10 Å². The number of nitrogens with zero attached hydrogens (tertiary/aromatic N) is 4. The first-order valence-electron chi connectivity index (χ1n) is 13.2. The van der Waals surface area contributed by atoms with Gasteiger partial charge >= 0.3 is 5.69 Å². The first-order valence-corrected chi connectivity index (χ1v) is 13.2. The lowest BCUT2D eigenvalue weighted by Crippen LogP contribution is -2.17. The smallest absolute Gasteiger partial charge is 0.318 e. The van der Waals surface area contributed by atoms with Crippen LogP contribution in [0.5, 0.6) is 17.2 Å². The van der Waals surface area contributed by atoms with Gasteiger partial charge in [-0.05, 0) is 78.7 Å². The van der Waals surface area contributed by atoms with Gasteiger partial charge in [0.15, 0.2) is 11.5 Å². The van der Waals surface area contributed by atoms with Crippen molar-refractivity contribution in [2.75, 3.05) is 7.11 Å². The summed E-state index contributed by atoms with van der Waals surface area (Å²) in [5.41, 5.74) is 6.56. The van der Waals surface area contributed by atoms with Gasteiger partial charge in [-0.1, -0.05) is 30.3 Å². The molecule has 1 heterocycles. The minimum atomic E-state index is -0.768. The van der Waals surface area contributed by atoms with Crippen molar-refractivity contribution in [3.05, 3.63) is 140 Å². The van der Waals surface area contributed by atoms with E-state index in [9.17, 15) is 25.0 Å². The molecule has 0 fully saturated rings. The number of aromatic nitrogens is 1. The first-order chi connectivity index (χ1) is 21.2. The molecule has 0 aliphatic rings. The minimum absolute atomic E-state index is 0.138. The average molecular weight is 592 g/mol. The number of nitrogens with one attached hydrogen (secondary N) is 1. The van der Waals surface area contributed by atoms with E-state index in [1.54, 1.807) is 24.3 Å². The van der Waals surface area contributed by atoms with Crippen LogP contribution in [0.15, 0.2) is 108 Å². The number of benzene rings is 4. The number of hydrogen-bond acceptors (Lipinski definition) is 8. The van der Waals surface area contributed by atoms with Crippen LogP contribution in [0.25, 0.3) is 16.9 Å². The molecule has 12 nitrogen and oxygen atoms in total. The van der Waals surface area contributed by atoms with E-state index in [1.165, 1.54) is 19.4 Å². The summed E-state index contributed by atoms with van der Waals surface area (Å²) in [5.74, 6) is -0.239. The lowest BCUT2D eigenvalue weighted by molar-refractivity contribution is -0.394. The predicted molar refractivity (Wildman–Crippen MR) is 164 cm³/mol. The van der Waals surface area contributed by atoms with Crippen molar-refractivity contribution in [2.45, 2.75) is 6.92 Å². The Kier molecular flexibility index (Phi) is 8.43. The molecule has 12 heteroatoms. The molecule has 0 spiro atoms. The number of aryl methyl sites for hydroxylation is 1. The lowest BCUT2D eigenvalue weighted by Gasteiger charge is -2.13. The first kappa shape index (κ1) is 29.2. The van der Waals surface area contributed by atoms with E-state index in [0.717, 1.165) is 40.8 Å². The number of ether oxygens (including phenoxy) is 2. The highest BCUT2D eigenvalue weighted by Crippen LogP contribution is 2.38. The standard InChI is InChI=1S/C32H25N5O7/c1-21-8-15-27(23-6-4-3-5-7-23)35(21)25-12-10-24(11-13-25)32(38)34-33-20-22-9-16-30(31(18-22)43-2)44-29-17-14-26(36(39)40)19-28(29)37(41)42/h3-20H,1-2H3,(H,34,38)/b33-20+. The third-order valence-corrected chi connectivity index (χ3v) is 6.67. The summed E-state index contributed by atoms with van der Waals surface area (Å²) < 4.78 is 13.1. The molecule has 5 aromatic rings. The van der Waals surface area contributed by atoms with Crippen LogP contribution in [0.2, 0.25) is 0 Å². The molecule has 0 radical (unpaired) electrons. The number of non-ortho nitro benzene ring substituents is 1. The molecular formula is C32H25N5O7. The fourth-order valence-corrected chi connectivity index (χ4v) is 4.52. The van der Waals surface area contributed by atoms with Crippen LogP contribution in [0, 0.1) is 27.2 Å². The number of nitro benzene ring substituents is 2. The van der Waals surface area contributed by atoms with Crippen molar-refractivity contribution >= 4 is 23.5 Å². The molecule has 0 saturated heterocycles. The van der Waals surface area contributed by atoms with Crippen LogP contribution < -0.4 is 14.9 Å². The Morgan fingerprint density at radius 2 is 1.57 bits per heavy atom. The van der Waals surface area contributed by atoms with Crippen molar-refractivity contribution < 1.29 is 24.1 Å². The van der Waals surface area contributed by atoms with Crippen molar-refractivity contribution in [3.8, 4) is 34.2 Å². The summed E-state index contributed by atoms with van der Waals surface area (Å²) in [6, 6.07) is 29.1. The third kappa shape index (κ3) is 6.29. The van der Waals surface area contributed by atoms with Crippen LogP contribution in [-0.2, 0) is 0 Å². The Labute approximate surface area is 251 Å². The van der Waals surface area contributed by atoms with Gasteiger partial charge < -0.3 is 14.0 Å². The number of hydrogen-bond donors (Lipinski definition) is 1. The lowest BCUT2D eigenvalue weighted by atomic mass is 10.1. The van der Waals surface area contributed by atoms with E-state index in [-0.39, 0.29) is 17.2 Å². The summed E-state index contributed by atoms with van der Waals surface area (Å²) >= 11 is 0. The average Bonchev–Trinajstić information content (AvgIpc) is 3.43. The number of carbonyl (C=O) groups excluding carboxylic acids is 1. The van der Waals surface area contributed by atoms with Crippen LogP contribution >= 0.6 is 0 Å². The molecule has 1 aromatic heterocycles. The maximum atomic E-state index is 12.7. The van der Waals surface area contributed by atoms with Gasteiger partial charge in [-0.25, -0.2) is 5.43 Å². The van der Waals surface area contributed by atoms with Crippen LogP contribution in [0.1, 0.15) is 21.6 Å². The fraction of sp³-hybridized carbons (Fsp3) is 0.0625. The number of amides is 1. The topological polar surface area (TPSA) is 151 Å². The van der Waals surface area contributed by atoms with E-state index < -0.39 is 27.1 Å². The maximum Gasteiger partial charge on any atom is 0.318 e. The second kappa shape index (κ2) is 12.7. The van der Waals surface area contributed by atoms with E-state index in [4.69, 9.17) is 9.47 Å². The highest BCUT2D eigenvalue weighted by atomic mass is 16.6. The van der Waals surface area contributed by atoms with Gasteiger partial charge in [0, 0.05) is 23.0 Å². The SMILES string of the molecule is COc1cc(/C=N/NC(=O)c2ccc(-n3c(C)ccc3-c3ccccc3)cc2)ccc1Oc1ccc([N+](=O)[O-])cc1[N+](=O)[O-]. The van der Waals surface area contributed by atoms with Crippen molar-refractivity contribution in [3.63, 3.8) is 0 Å². The molecule has 0 aliphatic carbocycles. The van der Waals surface area contributed by atoms with Gasteiger partial charge in [0.05, 0.1) is 34.9 Å². The van der Waals surface area contributed by atoms with E-state index in [0.29, 0.717) is 11.1 Å². The zero-order chi connectivity index (χ0) is 31.2. The maximum absolute atomic E-state index is 12.7. The second-order valence-electron chi connectivity index (χ2n) is 9.49. The number of methoxy groups -OCH3 is 1. The normalized spacial score (nSPS) is 10.9. The van der Waals surface area contributed by atoms with E-state index >= 15 is 0 Å². The number of carbonyl (C=O) groups is 1. The van der Waals surface area contributed by atoms with Gasteiger partial charge in [-0.15, -0.1) is 0 Å². The highest BCUT2D eigenvalue weighted by molar-refractivity contribution is 5.95. The zero-order valence-electron chi connectivity index (χ0n) is 23.5. The monoisotopic (exact) mass is 591 g/mol. The molecule has 0 atom stereocenters. The minimum Gasteiger partial charge on any atom is -0.493 e. The van der Waals surface area contributed by atoms with E-state index in [2.05, 4.69) is 21.2 Å². The van der Waals surface area contributed by atoms with Gasteiger partial charge in [0.25, 0.3) is 11.6 Å². The second-order valence-corrected chi connectivity index (χ2v) is 9.49. The van der Waals surface area contributed by atoms with E-state index in [1.807, 2.05) is 55.5 Å². The zero-order valence-corrected chi connectivity index (χ0v) is 23.5. The summed E-state index contributed by atoms with van der Waals surface area (Å²) in [6.07, 6.45) is 1.40. The molecule has 1 amide bonds. The summed E-state index contributed by atoms with van der Waals surface area (Å²) in [5, 5.41) is 26.5. The molecule has 0 aliphatic heterocycles. The van der Waals surface area contributed by atoms with Crippen LogP contribution in [0.3, 0.4) is 0 Å². The Balaban J connectivity index is 1.27. The Hall–Kier alpha value is -6.30. The van der Waals surface area contributed by atoms with Gasteiger partial charge in [-0.2, -0.15) is 5.10 Å². The van der Waals surface area contributed by atoms with Gasteiger partial charge in [0.1, 0.15) is 0 Å². The highest BCUT2D eigenvalue weighted by Gasteiger charge is 2.22.